The molecule has 2 fully saturated rings. The normalized spacial score (nSPS) is 24.7. The highest BCUT2D eigenvalue weighted by molar-refractivity contribution is 5.85. The number of carbonyl (C=O) groups is 3. The zero-order valence-corrected chi connectivity index (χ0v) is 10.1. The molecule has 0 saturated carbocycles. The lowest BCUT2D eigenvalue weighted by molar-refractivity contribution is -0.141. The van der Waals surface area contributed by atoms with E-state index in [0.717, 1.165) is 6.42 Å². The number of carboxylic acids is 1. The van der Waals surface area contributed by atoms with Crippen LogP contribution in [0.15, 0.2) is 0 Å². The van der Waals surface area contributed by atoms with Gasteiger partial charge in [-0.15, -0.1) is 0 Å². The number of urea groups is 1. The van der Waals surface area contributed by atoms with E-state index in [1.165, 1.54) is 9.80 Å². The molecule has 2 aliphatic heterocycles. The van der Waals surface area contributed by atoms with E-state index < -0.39 is 11.9 Å². The predicted molar refractivity (Wildman–Crippen MR) is 61.9 cm³/mol. The highest BCUT2D eigenvalue weighted by Crippen LogP contribution is 2.18. The van der Waals surface area contributed by atoms with Crippen LogP contribution in [0.4, 0.5) is 4.79 Å². The van der Waals surface area contributed by atoms with Crippen LogP contribution in [0.5, 0.6) is 0 Å². The van der Waals surface area contributed by atoms with Gasteiger partial charge in [-0.05, 0) is 12.8 Å². The second kappa shape index (κ2) is 5.24. The number of carboxylic acid groups (broad SMARTS) is 1. The molecule has 0 aliphatic carbocycles. The Kier molecular flexibility index (Phi) is 3.69. The van der Waals surface area contributed by atoms with E-state index in [0.29, 0.717) is 26.1 Å². The molecule has 7 nitrogen and oxygen atoms in total. The highest BCUT2D eigenvalue weighted by Gasteiger charge is 2.33. The molecule has 3 amide bonds. The fraction of sp³-hybridized carbons (Fsp3) is 0.727. The summed E-state index contributed by atoms with van der Waals surface area (Å²) in [6.07, 6.45) is 1.22. The fourth-order valence-corrected chi connectivity index (χ4v) is 2.30. The van der Waals surface area contributed by atoms with Gasteiger partial charge in [0.15, 0.2) is 0 Å². The quantitative estimate of drug-likeness (QED) is 0.650. The first-order valence-corrected chi connectivity index (χ1v) is 6.11. The third-order valence-corrected chi connectivity index (χ3v) is 3.34. The fourth-order valence-electron chi connectivity index (χ4n) is 2.30. The van der Waals surface area contributed by atoms with Gasteiger partial charge in [0, 0.05) is 26.2 Å². The summed E-state index contributed by atoms with van der Waals surface area (Å²) in [5.41, 5.74) is 0. The van der Waals surface area contributed by atoms with Crippen molar-refractivity contribution in [1.82, 2.24) is 15.1 Å². The summed E-state index contributed by atoms with van der Waals surface area (Å²) < 4.78 is 0. The van der Waals surface area contributed by atoms with Gasteiger partial charge in [-0.1, -0.05) is 0 Å². The van der Waals surface area contributed by atoms with Crippen molar-refractivity contribution in [3.05, 3.63) is 0 Å². The number of amides is 3. The van der Waals surface area contributed by atoms with E-state index in [4.69, 9.17) is 5.11 Å². The summed E-state index contributed by atoms with van der Waals surface area (Å²) in [7, 11) is 0. The lowest BCUT2D eigenvalue weighted by atomic mass is 10.1. The molecule has 0 aromatic carbocycles. The number of hydrogen-bond donors (Lipinski definition) is 2. The van der Waals surface area contributed by atoms with Gasteiger partial charge in [-0.2, -0.15) is 0 Å². The smallest absolute Gasteiger partial charge is 0.320 e. The van der Waals surface area contributed by atoms with Crippen molar-refractivity contribution in [2.45, 2.75) is 12.8 Å². The van der Waals surface area contributed by atoms with Crippen LogP contribution >= 0.6 is 0 Å². The number of carbonyl (C=O) groups excluding carboxylic acids is 2. The van der Waals surface area contributed by atoms with Crippen molar-refractivity contribution in [1.29, 1.82) is 0 Å². The van der Waals surface area contributed by atoms with E-state index in [2.05, 4.69) is 5.32 Å². The molecule has 0 radical (unpaired) electrons. The first-order valence-electron chi connectivity index (χ1n) is 6.11. The molecule has 0 aromatic heterocycles. The predicted octanol–water partition coefficient (Wildman–Crippen LogP) is -0.665. The molecule has 1 atom stereocenters. The summed E-state index contributed by atoms with van der Waals surface area (Å²) >= 11 is 0. The summed E-state index contributed by atoms with van der Waals surface area (Å²) in [5.74, 6) is -1.50. The van der Waals surface area contributed by atoms with Gasteiger partial charge in [0.25, 0.3) is 0 Å². The largest absolute Gasteiger partial charge is 0.481 e. The van der Waals surface area contributed by atoms with Crippen molar-refractivity contribution in [3.8, 4) is 0 Å². The van der Waals surface area contributed by atoms with Crippen molar-refractivity contribution in [3.63, 3.8) is 0 Å². The van der Waals surface area contributed by atoms with Crippen LogP contribution in [0.3, 0.4) is 0 Å². The summed E-state index contributed by atoms with van der Waals surface area (Å²) in [6.45, 7) is 1.87. The Labute approximate surface area is 105 Å². The molecule has 2 rings (SSSR count). The van der Waals surface area contributed by atoms with E-state index >= 15 is 0 Å². The molecular weight excluding hydrogens is 238 g/mol. The van der Waals surface area contributed by atoms with E-state index in [1.54, 1.807) is 0 Å². The maximum absolute atomic E-state index is 12.1. The second-order valence-electron chi connectivity index (χ2n) is 4.68. The minimum atomic E-state index is -0.862. The Balaban J connectivity index is 1.94. The van der Waals surface area contributed by atoms with Crippen LogP contribution < -0.4 is 5.32 Å². The molecular formula is C11H17N3O4. The van der Waals surface area contributed by atoms with Crippen LogP contribution in [-0.2, 0) is 9.59 Å². The number of hydrogen-bond acceptors (Lipinski definition) is 3. The van der Waals surface area contributed by atoms with Gasteiger partial charge in [0.2, 0.25) is 5.91 Å². The molecule has 2 N–H and O–H groups in total. The number of rotatable bonds is 1. The third-order valence-electron chi connectivity index (χ3n) is 3.34. The molecule has 1 unspecified atom stereocenters. The van der Waals surface area contributed by atoms with Gasteiger partial charge in [0.05, 0.1) is 5.92 Å². The molecule has 0 spiro atoms. The number of nitrogens with zero attached hydrogens (tertiary/aromatic N) is 2. The lowest BCUT2D eigenvalue weighted by Crippen LogP contribution is -2.45. The Morgan fingerprint density at radius 1 is 1.28 bits per heavy atom. The standard InChI is InChI=1S/C11H17N3O4/c15-9-7-13(4-1-3-12-9)11(18)14-5-2-8(6-14)10(16)17/h8H,1-7H2,(H,12,15)(H,16,17). The zero-order chi connectivity index (χ0) is 13.1. The molecule has 18 heavy (non-hydrogen) atoms. The molecule has 7 heteroatoms. The summed E-state index contributed by atoms with van der Waals surface area (Å²) in [4.78, 5) is 37.4. The highest BCUT2D eigenvalue weighted by atomic mass is 16.4. The second-order valence-corrected chi connectivity index (χ2v) is 4.68. The Hall–Kier alpha value is -1.79. The average Bonchev–Trinajstić information content (AvgIpc) is 2.72. The van der Waals surface area contributed by atoms with Crippen LogP contribution in [-0.4, -0.2) is 65.5 Å². The van der Waals surface area contributed by atoms with E-state index in [-0.39, 0.29) is 25.0 Å². The van der Waals surface area contributed by atoms with Crippen LogP contribution in [0, 0.1) is 5.92 Å². The summed E-state index contributed by atoms with van der Waals surface area (Å²) in [5, 5.41) is 11.6. The molecule has 2 aliphatic rings. The topological polar surface area (TPSA) is 90.0 Å². The number of nitrogens with one attached hydrogen (secondary N) is 1. The number of likely N-dealkylation sites (tertiary alicyclic amines) is 1. The van der Waals surface area contributed by atoms with Crippen LogP contribution in [0.25, 0.3) is 0 Å². The van der Waals surface area contributed by atoms with Gasteiger partial charge in [0.1, 0.15) is 6.54 Å². The minimum absolute atomic E-state index is 0.0626. The van der Waals surface area contributed by atoms with E-state index in [9.17, 15) is 14.4 Å². The van der Waals surface area contributed by atoms with Gasteiger partial charge in [-0.3, -0.25) is 9.59 Å². The van der Waals surface area contributed by atoms with Crippen molar-refractivity contribution in [2.75, 3.05) is 32.7 Å². The first kappa shape index (κ1) is 12.7. The van der Waals surface area contributed by atoms with Crippen molar-refractivity contribution < 1.29 is 19.5 Å². The molecule has 2 saturated heterocycles. The molecule has 100 valence electrons. The maximum Gasteiger partial charge on any atom is 0.320 e. The van der Waals surface area contributed by atoms with Gasteiger partial charge < -0.3 is 20.2 Å². The number of aliphatic carboxylic acids is 1. The van der Waals surface area contributed by atoms with Gasteiger partial charge in [-0.25, -0.2) is 4.79 Å². The minimum Gasteiger partial charge on any atom is -0.481 e. The van der Waals surface area contributed by atoms with E-state index in [1.807, 2.05) is 0 Å². The molecule has 0 bridgehead atoms. The molecule has 0 aromatic rings. The Bertz CT molecular complexity index is 371. The zero-order valence-electron chi connectivity index (χ0n) is 10.1. The van der Waals surface area contributed by atoms with Crippen molar-refractivity contribution >= 4 is 17.9 Å². The monoisotopic (exact) mass is 255 g/mol. The SMILES string of the molecule is O=C1CN(C(=O)N2CCC(C(=O)O)C2)CCCN1. The lowest BCUT2D eigenvalue weighted by Gasteiger charge is -2.25. The summed E-state index contributed by atoms with van der Waals surface area (Å²) in [6, 6.07) is -0.226. The van der Waals surface area contributed by atoms with Gasteiger partial charge >= 0.3 is 12.0 Å². The van der Waals surface area contributed by atoms with Crippen LogP contribution in [0.1, 0.15) is 12.8 Å². The third kappa shape index (κ3) is 2.72. The van der Waals surface area contributed by atoms with Crippen molar-refractivity contribution in [2.24, 2.45) is 5.92 Å². The average molecular weight is 255 g/mol. The van der Waals surface area contributed by atoms with Crippen LogP contribution in [0.2, 0.25) is 0 Å². The Morgan fingerprint density at radius 2 is 2.06 bits per heavy atom. The molecule has 2 heterocycles. The Morgan fingerprint density at radius 3 is 2.72 bits per heavy atom. The maximum atomic E-state index is 12.1. The first-order chi connectivity index (χ1) is 8.58.